The van der Waals surface area contributed by atoms with E-state index in [4.69, 9.17) is 0 Å². The molecule has 2 atom stereocenters. The Morgan fingerprint density at radius 2 is 1.80 bits per heavy atom. The largest absolute Gasteiger partial charge is 0.348 e. The zero-order valence-corrected chi connectivity index (χ0v) is 15.8. The number of rotatable bonds is 6. The van der Waals surface area contributed by atoms with Crippen LogP contribution in [0.25, 0.3) is 0 Å². The van der Waals surface area contributed by atoms with Gasteiger partial charge in [-0.25, -0.2) is 0 Å². The topological polar surface area (TPSA) is 35.6 Å². The molecule has 0 saturated carbocycles. The van der Waals surface area contributed by atoms with Gasteiger partial charge in [-0.05, 0) is 30.9 Å². The number of carbonyl (C=O) groups excluding carboxylic acids is 1. The Bertz CT molecular complexity index is 651. The van der Waals surface area contributed by atoms with Crippen molar-refractivity contribution < 1.29 is 4.79 Å². The standard InChI is InChI=1S/C20H27N3OS/c1-16(18-7-4-3-5-8-18)21-20(24)17(2)23-12-10-22(11-13-23)15-19-9-6-14-25-19/h3-9,14,16-17H,10-13,15H2,1-2H3,(H,21,24)/t16-,17+/m0/s1. The van der Waals surface area contributed by atoms with E-state index in [1.165, 1.54) is 4.88 Å². The van der Waals surface area contributed by atoms with Gasteiger partial charge in [0.25, 0.3) is 0 Å². The molecule has 1 aromatic carbocycles. The number of carbonyl (C=O) groups is 1. The Morgan fingerprint density at radius 3 is 2.44 bits per heavy atom. The molecule has 1 saturated heterocycles. The van der Waals surface area contributed by atoms with Crippen LogP contribution in [-0.2, 0) is 11.3 Å². The second-order valence-electron chi connectivity index (χ2n) is 6.71. The minimum atomic E-state index is -0.0879. The molecule has 1 N–H and O–H groups in total. The Balaban J connectivity index is 1.46. The van der Waals surface area contributed by atoms with Crippen molar-refractivity contribution in [3.05, 3.63) is 58.3 Å². The molecule has 0 spiro atoms. The number of amides is 1. The summed E-state index contributed by atoms with van der Waals surface area (Å²) in [7, 11) is 0. The van der Waals surface area contributed by atoms with Gasteiger partial charge in [-0.2, -0.15) is 0 Å². The molecule has 0 radical (unpaired) electrons. The molecular weight excluding hydrogens is 330 g/mol. The molecule has 1 aliphatic heterocycles. The zero-order chi connectivity index (χ0) is 17.6. The van der Waals surface area contributed by atoms with Gasteiger partial charge in [-0.3, -0.25) is 14.6 Å². The lowest BCUT2D eigenvalue weighted by Crippen LogP contribution is -2.53. The predicted molar refractivity (Wildman–Crippen MR) is 104 cm³/mol. The van der Waals surface area contributed by atoms with E-state index in [1.54, 1.807) is 0 Å². The first kappa shape index (κ1) is 18.1. The van der Waals surface area contributed by atoms with Gasteiger partial charge in [0.05, 0.1) is 12.1 Å². The van der Waals surface area contributed by atoms with Gasteiger partial charge in [0.2, 0.25) is 5.91 Å². The number of nitrogens with one attached hydrogen (secondary N) is 1. The van der Waals surface area contributed by atoms with E-state index in [0.29, 0.717) is 0 Å². The number of hydrogen-bond acceptors (Lipinski definition) is 4. The molecule has 4 nitrogen and oxygen atoms in total. The van der Waals surface area contributed by atoms with Crippen LogP contribution in [0.1, 0.15) is 30.3 Å². The summed E-state index contributed by atoms with van der Waals surface area (Å²) in [5.74, 6) is 0.114. The maximum Gasteiger partial charge on any atom is 0.237 e. The summed E-state index contributed by atoms with van der Waals surface area (Å²) in [6.07, 6.45) is 0. The van der Waals surface area contributed by atoms with Crippen molar-refractivity contribution in [2.75, 3.05) is 26.2 Å². The second kappa shape index (κ2) is 8.61. The summed E-state index contributed by atoms with van der Waals surface area (Å²) in [5.41, 5.74) is 1.14. The van der Waals surface area contributed by atoms with Crippen LogP contribution in [0, 0.1) is 0 Å². The summed E-state index contributed by atoms with van der Waals surface area (Å²) in [6.45, 7) is 9.00. The predicted octanol–water partition coefficient (Wildman–Crippen LogP) is 3.13. The molecule has 0 bridgehead atoms. The van der Waals surface area contributed by atoms with Crippen molar-refractivity contribution in [3.8, 4) is 0 Å². The molecule has 25 heavy (non-hydrogen) atoms. The number of piperazine rings is 1. The molecule has 3 rings (SSSR count). The van der Waals surface area contributed by atoms with Crippen LogP contribution < -0.4 is 5.32 Å². The first-order chi connectivity index (χ1) is 12.1. The molecule has 0 aliphatic carbocycles. The highest BCUT2D eigenvalue weighted by atomic mass is 32.1. The summed E-state index contributed by atoms with van der Waals surface area (Å²) in [5, 5.41) is 5.28. The van der Waals surface area contributed by atoms with Gasteiger partial charge in [-0.15, -0.1) is 11.3 Å². The van der Waals surface area contributed by atoms with Crippen molar-refractivity contribution >= 4 is 17.2 Å². The van der Waals surface area contributed by atoms with E-state index in [9.17, 15) is 4.79 Å². The molecule has 0 unspecified atom stereocenters. The van der Waals surface area contributed by atoms with Gasteiger partial charge < -0.3 is 5.32 Å². The highest BCUT2D eigenvalue weighted by Gasteiger charge is 2.26. The molecule has 2 heterocycles. The number of thiophene rings is 1. The number of nitrogens with zero attached hydrogens (tertiary/aromatic N) is 2. The number of hydrogen-bond donors (Lipinski definition) is 1. The molecule has 1 aromatic heterocycles. The van der Waals surface area contributed by atoms with Crippen molar-refractivity contribution in [1.29, 1.82) is 0 Å². The van der Waals surface area contributed by atoms with Crippen molar-refractivity contribution in [1.82, 2.24) is 15.1 Å². The molecule has 1 aliphatic rings. The summed E-state index contributed by atoms with van der Waals surface area (Å²) in [6, 6.07) is 14.4. The van der Waals surface area contributed by atoms with Crippen LogP contribution in [0.3, 0.4) is 0 Å². The molecule has 5 heteroatoms. The van der Waals surface area contributed by atoms with E-state index < -0.39 is 0 Å². The average molecular weight is 358 g/mol. The highest BCUT2D eigenvalue weighted by molar-refractivity contribution is 7.09. The SMILES string of the molecule is C[C@H](NC(=O)[C@@H](C)N1CCN(Cc2cccs2)CC1)c1ccccc1. The summed E-state index contributed by atoms with van der Waals surface area (Å²) >= 11 is 1.81. The molecule has 1 amide bonds. The van der Waals surface area contributed by atoms with E-state index in [1.807, 2.05) is 43.4 Å². The average Bonchev–Trinajstić information content (AvgIpc) is 3.15. The lowest BCUT2D eigenvalue weighted by molar-refractivity contribution is -0.127. The summed E-state index contributed by atoms with van der Waals surface area (Å²) < 4.78 is 0. The minimum Gasteiger partial charge on any atom is -0.348 e. The third-order valence-electron chi connectivity index (χ3n) is 4.95. The summed E-state index contributed by atoms with van der Waals surface area (Å²) in [4.78, 5) is 18.8. The third-order valence-corrected chi connectivity index (χ3v) is 5.81. The van der Waals surface area contributed by atoms with Crippen LogP contribution in [0.2, 0.25) is 0 Å². The Kier molecular flexibility index (Phi) is 6.24. The fourth-order valence-electron chi connectivity index (χ4n) is 3.26. The molecule has 134 valence electrons. The monoisotopic (exact) mass is 357 g/mol. The van der Waals surface area contributed by atoms with Crippen molar-refractivity contribution in [2.24, 2.45) is 0 Å². The minimum absolute atomic E-state index is 0.0382. The first-order valence-electron chi connectivity index (χ1n) is 8.97. The smallest absolute Gasteiger partial charge is 0.237 e. The lowest BCUT2D eigenvalue weighted by atomic mass is 10.1. The first-order valence-corrected chi connectivity index (χ1v) is 9.85. The van der Waals surface area contributed by atoms with Crippen LogP contribution in [-0.4, -0.2) is 47.9 Å². The quantitative estimate of drug-likeness (QED) is 0.863. The van der Waals surface area contributed by atoms with Crippen molar-refractivity contribution in [3.63, 3.8) is 0 Å². The Hall–Kier alpha value is -1.69. The molecule has 2 aromatic rings. The zero-order valence-electron chi connectivity index (χ0n) is 15.0. The molecule has 1 fully saturated rings. The number of benzene rings is 1. The van der Waals surface area contributed by atoms with E-state index in [2.05, 4.69) is 44.8 Å². The van der Waals surface area contributed by atoms with Gasteiger partial charge >= 0.3 is 0 Å². The second-order valence-corrected chi connectivity index (χ2v) is 7.74. The van der Waals surface area contributed by atoms with E-state index in [-0.39, 0.29) is 18.0 Å². The fourth-order valence-corrected chi connectivity index (χ4v) is 4.00. The van der Waals surface area contributed by atoms with Gasteiger partial charge in [0, 0.05) is 37.6 Å². The van der Waals surface area contributed by atoms with Gasteiger partial charge in [0.15, 0.2) is 0 Å². The fraction of sp³-hybridized carbons (Fsp3) is 0.450. The third kappa shape index (κ3) is 4.91. The van der Waals surface area contributed by atoms with Crippen molar-refractivity contribution in [2.45, 2.75) is 32.5 Å². The highest BCUT2D eigenvalue weighted by Crippen LogP contribution is 2.16. The van der Waals surface area contributed by atoms with Crippen LogP contribution >= 0.6 is 11.3 Å². The van der Waals surface area contributed by atoms with Crippen LogP contribution in [0.4, 0.5) is 0 Å². The normalized spacial score (nSPS) is 18.6. The van der Waals surface area contributed by atoms with E-state index >= 15 is 0 Å². The maximum atomic E-state index is 12.6. The van der Waals surface area contributed by atoms with Gasteiger partial charge in [0.1, 0.15) is 0 Å². The Morgan fingerprint density at radius 1 is 1.08 bits per heavy atom. The van der Waals surface area contributed by atoms with Crippen LogP contribution in [0.5, 0.6) is 0 Å². The Labute approximate surface area is 154 Å². The maximum absolute atomic E-state index is 12.6. The molecular formula is C20H27N3OS. The van der Waals surface area contributed by atoms with Gasteiger partial charge in [-0.1, -0.05) is 36.4 Å². The van der Waals surface area contributed by atoms with E-state index in [0.717, 1.165) is 38.3 Å². The lowest BCUT2D eigenvalue weighted by Gasteiger charge is -2.37. The van der Waals surface area contributed by atoms with Crippen LogP contribution in [0.15, 0.2) is 47.8 Å².